The van der Waals surface area contributed by atoms with Crippen molar-refractivity contribution in [3.63, 3.8) is 0 Å². The van der Waals surface area contributed by atoms with E-state index in [9.17, 15) is 19.2 Å². The van der Waals surface area contributed by atoms with Gasteiger partial charge in [-0.15, -0.1) is 0 Å². The van der Waals surface area contributed by atoms with Gasteiger partial charge in [-0.25, -0.2) is 4.79 Å². The Labute approximate surface area is 166 Å². The predicted molar refractivity (Wildman–Crippen MR) is 101 cm³/mol. The lowest BCUT2D eigenvalue weighted by molar-refractivity contribution is -0.169. The minimum absolute atomic E-state index is 0.139. The molecule has 29 heavy (non-hydrogen) atoms. The highest BCUT2D eigenvalue weighted by Crippen LogP contribution is 2.23. The number of imide groups is 1. The van der Waals surface area contributed by atoms with Gasteiger partial charge >= 0.3 is 5.97 Å². The van der Waals surface area contributed by atoms with Gasteiger partial charge in [-0.05, 0) is 24.3 Å². The van der Waals surface area contributed by atoms with E-state index in [1.54, 1.807) is 42.5 Å². The van der Waals surface area contributed by atoms with E-state index in [0.29, 0.717) is 10.8 Å². The van der Waals surface area contributed by atoms with Gasteiger partial charge in [0.25, 0.3) is 11.8 Å². The molecule has 8 heteroatoms. The van der Waals surface area contributed by atoms with Crippen LogP contribution < -0.4 is 4.90 Å². The Morgan fingerprint density at radius 3 is 2.10 bits per heavy atom. The monoisotopic (exact) mass is 391 g/mol. The highest BCUT2D eigenvalue weighted by Gasteiger charge is 2.38. The van der Waals surface area contributed by atoms with Gasteiger partial charge in [0.1, 0.15) is 0 Å². The van der Waals surface area contributed by atoms with Crippen molar-refractivity contribution in [2.24, 2.45) is 0 Å². The first-order chi connectivity index (χ1) is 14.0. The van der Waals surface area contributed by atoms with Crippen LogP contribution in [0.1, 0.15) is 40.0 Å². The van der Waals surface area contributed by atoms with Crippen LogP contribution in [0.25, 0.3) is 0 Å². The van der Waals surface area contributed by atoms with Gasteiger partial charge in [0.2, 0.25) is 5.91 Å². The number of nitriles is 1. The lowest BCUT2D eigenvalue weighted by Crippen LogP contribution is -2.34. The van der Waals surface area contributed by atoms with Crippen LogP contribution in [0, 0.1) is 11.3 Å². The number of para-hydroxylation sites is 1. The molecule has 0 aromatic heterocycles. The molecule has 0 N–H and O–H groups in total. The molecular weight excluding hydrogens is 374 g/mol. The predicted octanol–water partition coefficient (Wildman–Crippen LogP) is 2.47. The molecule has 0 atom stereocenters. The number of hydroxylamine groups is 2. The van der Waals surface area contributed by atoms with E-state index in [4.69, 9.17) is 10.1 Å². The Balaban J connectivity index is 1.60. The van der Waals surface area contributed by atoms with Gasteiger partial charge in [-0.3, -0.25) is 14.4 Å². The molecule has 8 nitrogen and oxygen atoms in total. The second-order valence-electron chi connectivity index (χ2n) is 6.20. The molecule has 0 unspecified atom stereocenters. The number of amides is 3. The van der Waals surface area contributed by atoms with E-state index in [0.717, 1.165) is 0 Å². The molecule has 0 radical (unpaired) electrons. The molecule has 0 saturated heterocycles. The number of carbonyl (C=O) groups excluding carboxylic acids is 4. The highest BCUT2D eigenvalue weighted by molar-refractivity contribution is 6.20. The molecule has 2 aromatic carbocycles. The van der Waals surface area contributed by atoms with Crippen LogP contribution >= 0.6 is 0 Å². The summed E-state index contributed by atoms with van der Waals surface area (Å²) in [5.74, 6) is -2.68. The van der Waals surface area contributed by atoms with E-state index in [1.807, 2.05) is 6.07 Å². The molecule has 0 bridgehead atoms. The molecule has 1 aliphatic heterocycles. The van der Waals surface area contributed by atoms with E-state index >= 15 is 0 Å². The molecule has 1 aliphatic rings. The summed E-state index contributed by atoms with van der Waals surface area (Å²) in [5.41, 5.74) is 0.933. The minimum atomic E-state index is -0.874. The molecular formula is C21H17N3O5. The number of fused-ring (bicyclic) bond motifs is 1. The lowest BCUT2D eigenvalue weighted by atomic mass is 10.1. The van der Waals surface area contributed by atoms with Gasteiger partial charge in [0.05, 0.1) is 30.0 Å². The molecule has 0 saturated carbocycles. The van der Waals surface area contributed by atoms with Crippen LogP contribution in [0.15, 0.2) is 54.6 Å². The summed E-state index contributed by atoms with van der Waals surface area (Å²) in [6.45, 7) is 0.187. The molecule has 3 amide bonds. The molecule has 0 fully saturated rings. The van der Waals surface area contributed by atoms with Crippen molar-refractivity contribution in [1.82, 2.24) is 5.06 Å². The maximum Gasteiger partial charge on any atom is 0.333 e. The van der Waals surface area contributed by atoms with Crippen molar-refractivity contribution in [2.75, 3.05) is 11.4 Å². The minimum Gasteiger partial charge on any atom is -0.330 e. The van der Waals surface area contributed by atoms with Crippen LogP contribution in [-0.4, -0.2) is 35.3 Å². The van der Waals surface area contributed by atoms with E-state index < -0.39 is 17.8 Å². The first-order valence-electron chi connectivity index (χ1n) is 8.94. The average molecular weight is 391 g/mol. The van der Waals surface area contributed by atoms with Gasteiger partial charge < -0.3 is 9.74 Å². The fourth-order valence-electron chi connectivity index (χ4n) is 2.91. The summed E-state index contributed by atoms with van der Waals surface area (Å²) in [5, 5.41) is 9.23. The normalized spacial score (nSPS) is 12.3. The van der Waals surface area contributed by atoms with Crippen molar-refractivity contribution in [2.45, 2.75) is 19.3 Å². The number of hydrogen-bond acceptors (Lipinski definition) is 6. The first-order valence-corrected chi connectivity index (χ1v) is 8.94. The Kier molecular flexibility index (Phi) is 6.00. The third-order valence-corrected chi connectivity index (χ3v) is 4.31. The number of carbonyl (C=O) groups is 4. The Hall–Kier alpha value is -3.99. The number of nitrogens with zero attached hydrogens (tertiary/aromatic N) is 3. The van der Waals surface area contributed by atoms with E-state index in [-0.39, 0.29) is 42.8 Å². The third-order valence-electron chi connectivity index (χ3n) is 4.31. The summed E-state index contributed by atoms with van der Waals surface area (Å²) < 4.78 is 0. The van der Waals surface area contributed by atoms with Crippen LogP contribution in [0.2, 0.25) is 0 Å². The topological polar surface area (TPSA) is 108 Å². The van der Waals surface area contributed by atoms with Crippen LogP contribution in [-0.2, 0) is 14.4 Å². The molecule has 1 heterocycles. The zero-order valence-electron chi connectivity index (χ0n) is 15.4. The summed E-state index contributed by atoms with van der Waals surface area (Å²) in [6, 6.07) is 16.9. The maximum absolute atomic E-state index is 12.6. The lowest BCUT2D eigenvalue weighted by Gasteiger charge is -2.21. The zero-order chi connectivity index (χ0) is 20.8. The fourth-order valence-corrected chi connectivity index (χ4v) is 2.91. The number of rotatable bonds is 7. The van der Waals surface area contributed by atoms with E-state index in [1.165, 1.54) is 17.0 Å². The summed E-state index contributed by atoms with van der Waals surface area (Å²) >= 11 is 0. The Bertz CT molecular complexity index is 962. The van der Waals surface area contributed by atoms with Gasteiger partial charge in [-0.1, -0.05) is 35.4 Å². The number of anilines is 1. The van der Waals surface area contributed by atoms with Crippen molar-refractivity contribution < 1.29 is 24.0 Å². The zero-order valence-corrected chi connectivity index (χ0v) is 15.4. The standard InChI is InChI=1S/C21H17N3O5/c22-13-6-14-23(15-7-2-1-3-8-15)18(25)11-12-19(26)29-24-20(27)16-9-4-5-10-17(16)21(24)28/h1-5,7-10H,6,11-12,14H2. The highest BCUT2D eigenvalue weighted by atomic mass is 16.7. The number of hydrogen-bond donors (Lipinski definition) is 0. The van der Waals surface area contributed by atoms with Crippen molar-refractivity contribution in [1.29, 1.82) is 5.26 Å². The van der Waals surface area contributed by atoms with Gasteiger partial charge in [0, 0.05) is 18.7 Å². The van der Waals surface area contributed by atoms with Crippen LogP contribution in [0.3, 0.4) is 0 Å². The molecule has 0 aliphatic carbocycles. The Morgan fingerprint density at radius 2 is 1.52 bits per heavy atom. The average Bonchev–Trinajstić information content (AvgIpc) is 2.98. The van der Waals surface area contributed by atoms with Crippen molar-refractivity contribution >= 4 is 29.4 Å². The summed E-state index contributed by atoms with van der Waals surface area (Å²) in [4.78, 5) is 55.4. The quantitative estimate of drug-likeness (QED) is 0.671. The van der Waals surface area contributed by atoms with Gasteiger partial charge in [-0.2, -0.15) is 5.26 Å². The van der Waals surface area contributed by atoms with Crippen LogP contribution in [0.4, 0.5) is 5.69 Å². The first kappa shape index (κ1) is 19.8. The fraction of sp³-hybridized carbons (Fsp3) is 0.190. The van der Waals surface area contributed by atoms with Gasteiger partial charge in [0.15, 0.2) is 0 Å². The number of benzene rings is 2. The largest absolute Gasteiger partial charge is 0.333 e. The molecule has 146 valence electrons. The SMILES string of the molecule is N#CCCN(C(=O)CCC(=O)ON1C(=O)c2ccccc2C1=O)c1ccccc1. The van der Waals surface area contributed by atoms with E-state index in [2.05, 4.69) is 0 Å². The molecule has 3 rings (SSSR count). The third kappa shape index (κ3) is 4.30. The second-order valence-corrected chi connectivity index (χ2v) is 6.20. The molecule has 2 aromatic rings. The summed E-state index contributed by atoms with van der Waals surface area (Å²) in [7, 11) is 0. The van der Waals surface area contributed by atoms with Crippen molar-refractivity contribution in [3.8, 4) is 6.07 Å². The van der Waals surface area contributed by atoms with Crippen LogP contribution in [0.5, 0.6) is 0 Å². The van der Waals surface area contributed by atoms with Crippen molar-refractivity contribution in [3.05, 3.63) is 65.7 Å². The maximum atomic E-state index is 12.6. The summed E-state index contributed by atoms with van der Waals surface area (Å²) in [6.07, 6.45) is -0.370. The second kappa shape index (κ2) is 8.80. The Morgan fingerprint density at radius 1 is 0.931 bits per heavy atom. The molecule has 0 spiro atoms. The smallest absolute Gasteiger partial charge is 0.330 e.